The number of carboxylic acids is 1. The molecule has 0 aliphatic heterocycles. The first kappa shape index (κ1) is 86.5. The van der Waals surface area contributed by atoms with Crippen molar-refractivity contribution in [2.24, 2.45) is 45.3 Å². The number of carbonyl (C=O) groups excluding carboxylic acids is 5. The molecule has 2 amide bonds. The highest BCUT2D eigenvalue weighted by molar-refractivity contribution is 9.10. The Balaban J connectivity index is 0.000000229. The predicted molar refractivity (Wildman–Crippen MR) is 419 cm³/mol. The molecule has 0 aromatic carbocycles. The molecule has 570 valence electrons. The second-order valence-electron chi connectivity index (χ2n) is 30.0. The number of aromatic nitrogens is 6. The summed E-state index contributed by atoms with van der Waals surface area (Å²) in [4.78, 5) is 96.3. The molecule has 2 aliphatic rings. The van der Waals surface area contributed by atoms with E-state index < -0.39 is 23.9 Å². The maximum atomic E-state index is 13.9. The van der Waals surface area contributed by atoms with Crippen molar-refractivity contribution in [2.75, 3.05) is 36.4 Å². The Labute approximate surface area is 648 Å². The number of anilines is 3. The summed E-state index contributed by atoms with van der Waals surface area (Å²) in [6.45, 7) is 36.8. The van der Waals surface area contributed by atoms with Crippen LogP contribution in [0.15, 0.2) is 42.3 Å². The van der Waals surface area contributed by atoms with Gasteiger partial charge in [-0.05, 0) is 193 Å². The molecule has 0 spiro atoms. The average molecular weight is 1590 g/mol. The molecule has 7 aromatic rings. The fraction of sp³-hybridized carbons (Fsp3) is 0.544. The van der Waals surface area contributed by atoms with Crippen LogP contribution in [0, 0.1) is 92.7 Å². The Bertz CT molecular complexity index is 4440. The monoisotopic (exact) mass is 1590 g/mol. The maximum Gasteiger partial charge on any atom is 0.350 e. The van der Waals surface area contributed by atoms with E-state index in [1.54, 1.807) is 11.0 Å². The molecule has 9 rings (SSSR count). The number of thiophene rings is 4. The molecule has 0 radical (unpaired) electrons. The Morgan fingerprint density at radius 1 is 0.538 bits per heavy atom. The molecule has 22 nitrogen and oxygen atoms in total. The maximum absolute atomic E-state index is 13.9. The lowest BCUT2D eigenvalue weighted by Crippen LogP contribution is -2.40. The fourth-order valence-corrected chi connectivity index (χ4v) is 14.7. The number of hydrogen-bond donors (Lipinski definition) is 2. The summed E-state index contributed by atoms with van der Waals surface area (Å²) in [5, 5.41) is 24.8. The van der Waals surface area contributed by atoms with Crippen molar-refractivity contribution >= 4 is 114 Å². The summed E-state index contributed by atoms with van der Waals surface area (Å²) in [5.41, 5.74) is 0.925. The van der Waals surface area contributed by atoms with Crippen LogP contribution in [0.2, 0.25) is 0 Å². The third-order valence-electron chi connectivity index (χ3n) is 16.1. The van der Waals surface area contributed by atoms with Crippen LogP contribution >= 0.6 is 61.3 Å². The molecule has 27 heteroatoms. The van der Waals surface area contributed by atoms with Crippen LogP contribution < -0.4 is 15.1 Å². The van der Waals surface area contributed by atoms with Crippen molar-refractivity contribution in [3.8, 4) is 47.4 Å². The van der Waals surface area contributed by atoms with Crippen molar-refractivity contribution in [1.82, 2.24) is 30.4 Å². The minimum atomic E-state index is -1.08. The zero-order chi connectivity index (χ0) is 78.6. The lowest BCUT2D eigenvalue weighted by molar-refractivity contribution is -0.124. The molecule has 2 saturated carbocycles. The number of carbonyl (C=O) groups is 6. The minimum Gasteiger partial charge on any atom is -0.477 e. The third kappa shape index (κ3) is 26.5. The van der Waals surface area contributed by atoms with Gasteiger partial charge in [0.05, 0.1) is 64.4 Å². The van der Waals surface area contributed by atoms with Gasteiger partial charge in [-0.2, -0.15) is 15.0 Å². The van der Waals surface area contributed by atoms with Crippen LogP contribution in [-0.2, 0) is 56.2 Å². The Kier molecular flexibility index (Phi) is 31.7. The lowest BCUT2D eigenvalue weighted by atomic mass is 9.82. The first-order chi connectivity index (χ1) is 49.8. The number of aromatic carboxylic acids is 1. The number of hydrogen-bond acceptors (Lipinski definition) is 23. The first-order valence-corrected chi connectivity index (χ1v) is 39.5. The lowest BCUT2D eigenvalue weighted by Gasteiger charge is -2.33. The molecule has 7 aromatic heterocycles. The number of ether oxygens (including phenoxy) is 3. The van der Waals surface area contributed by atoms with E-state index in [-0.39, 0.29) is 62.7 Å². The van der Waals surface area contributed by atoms with Gasteiger partial charge in [0.25, 0.3) is 0 Å². The van der Waals surface area contributed by atoms with Gasteiger partial charge in [-0.25, -0.2) is 19.2 Å². The van der Waals surface area contributed by atoms with Gasteiger partial charge in [-0.1, -0.05) is 97.5 Å². The number of rotatable bonds is 18. The molecule has 2 N–H and O–H groups in total. The Hall–Kier alpha value is -8.44. The number of methoxy groups -OCH3 is 3. The Morgan fingerprint density at radius 2 is 0.925 bits per heavy atom. The van der Waals surface area contributed by atoms with Gasteiger partial charge in [0.1, 0.15) is 32.1 Å². The number of esters is 3. The largest absolute Gasteiger partial charge is 0.477 e. The van der Waals surface area contributed by atoms with Gasteiger partial charge in [0.15, 0.2) is 17.5 Å². The van der Waals surface area contributed by atoms with Crippen LogP contribution in [0.25, 0.3) is 0 Å². The highest BCUT2D eigenvalue weighted by atomic mass is 79.9. The smallest absolute Gasteiger partial charge is 0.350 e. The number of carboxylic acid groups (broad SMARTS) is 1. The molecule has 106 heavy (non-hydrogen) atoms. The quantitative estimate of drug-likeness (QED) is 0.0458. The van der Waals surface area contributed by atoms with Crippen LogP contribution in [0.1, 0.15) is 275 Å². The zero-order valence-corrected chi connectivity index (χ0v) is 69.7. The summed E-state index contributed by atoms with van der Waals surface area (Å²) in [6.07, 6.45) is 9.18. The van der Waals surface area contributed by atoms with E-state index in [1.165, 1.54) is 60.2 Å². The van der Waals surface area contributed by atoms with E-state index in [0.29, 0.717) is 114 Å². The van der Waals surface area contributed by atoms with Crippen molar-refractivity contribution in [2.45, 2.75) is 214 Å². The summed E-state index contributed by atoms with van der Waals surface area (Å²) >= 11 is 8.29. The molecule has 1 atom stereocenters. The van der Waals surface area contributed by atoms with E-state index in [1.807, 2.05) is 129 Å². The molecule has 0 bridgehead atoms. The average Bonchev–Trinajstić information content (AvgIpc) is 1.58. The summed E-state index contributed by atoms with van der Waals surface area (Å²) in [6, 6.07) is 6.66. The number of nitrogens with one attached hydrogen (secondary N) is 1. The molecule has 0 saturated heterocycles. The van der Waals surface area contributed by atoms with Crippen LogP contribution in [0.5, 0.6) is 0 Å². The van der Waals surface area contributed by atoms with Gasteiger partial charge in [0.2, 0.25) is 29.5 Å². The van der Waals surface area contributed by atoms with Crippen LogP contribution in [-0.4, -0.2) is 92.5 Å². The molecule has 7 heterocycles. The van der Waals surface area contributed by atoms with Gasteiger partial charge in [0, 0.05) is 57.2 Å². The van der Waals surface area contributed by atoms with Gasteiger partial charge in [-0.3, -0.25) is 14.5 Å². The normalized spacial score (nSPS) is 15.8. The molecule has 1 unspecified atom stereocenters. The number of nitrogens with zero attached hydrogens (tertiary/aromatic N) is 8. The minimum absolute atomic E-state index is 0.0334. The van der Waals surface area contributed by atoms with Crippen LogP contribution in [0.4, 0.5) is 17.1 Å². The number of amides is 2. The van der Waals surface area contributed by atoms with E-state index in [4.69, 9.17) is 23.0 Å². The van der Waals surface area contributed by atoms with Crippen molar-refractivity contribution < 1.29 is 61.7 Å². The number of aryl methyl sites for hydroxylation is 3. The molecular weight excluding hydrogens is 1490 g/mol. The second-order valence-corrected chi connectivity index (χ2v) is 35.0. The summed E-state index contributed by atoms with van der Waals surface area (Å²) in [5.74, 6) is 26.4. The third-order valence-corrected chi connectivity index (χ3v) is 21.1. The zero-order valence-electron chi connectivity index (χ0n) is 64.8. The van der Waals surface area contributed by atoms with Crippen molar-refractivity contribution in [1.29, 1.82) is 0 Å². The molecular formula is C79H100BrN9O13S4. The van der Waals surface area contributed by atoms with Crippen molar-refractivity contribution in [3.05, 3.63) is 103 Å². The van der Waals surface area contributed by atoms with Gasteiger partial charge in [-0.15, -0.1) is 45.3 Å². The van der Waals surface area contributed by atoms with Crippen LogP contribution in [0.3, 0.4) is 0 Å². The van der Waals surface area contributed by atoms with Gasteiger partial charge >= 0.3 is 23.9 Å². The van der Waals surface area contributed by atoms with E-state index in [2.05, 4.69) is 118 Å². The highest BCUT2D eigenvalue weighted by Crippen LogP contribution is 2.41. The Morgan fingerprint density at radius 3 is 1.38 bits per heavy atom. The predicted octanol–water partition coefficient (Wildman–Crippen LogP) is 18.1. The second kappa shape index (κ2) is 38.9. The standard InChI is InChI=1S/C26H35N3O4S.C24H31N3O4S.C17H21N3O3S.C12H13BrO2S/c1-8-21-27-23(33-28-21)17(3)29(24(30)18-11-9-16(2)10-12-18)20-15-19(13-14-26(4,5)6)34-22(20)25(31)32-7;1-6-19-25-20(31-26-19)14-27(22(28)16-9-7-15(2)8-10-16)18-13-17(11-12-24(3,4)5)32-21(18)23(29)30;1-6-13-19-14(23-20-13)10-18-12-9-11(7-8-17(2,3)4)24-15(12)16(21)22-5;1-12(2,3)6-5-8-7-9(13)10(16-8)11(14)15-4/h15-18H,8-12H2,1-7H3;13,15-16H,6-10,14H2,1-5H3,(H,29,30);9,18H,6,10H2,1-5H3;7H,1-4H3. The van der Waals surface area contributed by atoms with E-state index >= 15 is 0 Å². The topological polar surface area (TPSA) is 286 Å². The first-order valence-electron chi connectivity index (χ1n) is 35.4. The summed E-state index contributed by atoms with van der Waals surface area (Å²) in [7, 11) is 4.07. The highest BCUT2D eigenvalue weighted by Gasteiger charge is 2.38. The number of halogens is 1. The summed E-state index contributed by atoms with van der Waals surface area (Å²) < 4.78 is 31.3. The molecule has 2 fully saturated rings. The van der Waals surface area contributed by atoms with Crippen molar-refractivity contribution in [3.63, 3.8) is 0 Å². The fourth-order valence-electron chi connectivity index (χ4n) is 10.4. The van der Waals surface area contributed by atoms with E-state index in [0.717, 1.165) is 76.9 Å². The van der Waals surface area contributed by atoms with E-state index in [9.17, 15) is 33.9 Å². The SMILES string of the molecule is CCc1noc(C(C)N(C(=O)C2CCC(C)CC2)c2cc(C#CC(C)(C)C)sc2C(=O)OC)n1.CCc1noc(CN(C(=O)C2CCC(C)CC2)c2cc(C#CC(C)(C)C)sc2C(=O)O)n1.CCc1noc(CNc2cc(C#CC(C)(C)C)sc2C(=O)OC)n1.COC(=O)c1sc(C#CC(C)(C)C)cc1Br. The van der Waals surface area contributed by atoms with Gasteiger partial charge < -0.3 is 43.1 Å². The molecule has 2 aliphatic carbocycles.